The molecule has 0 unspecified atom stereocenters. The highest BCUT2D eigenvalue weighted by atomic mass is 16.3. The maximum atomic E-state index is 12.7. The van der Waals surface area contributed by atoms with Crippen molar-refractivity contribution in [2.75, 3.05) is 23.3 Å². The van der Waals surface area contributed by atoms with Crippen LogP contribution in [0.15, 0.2) is 59.3 Å². The van der Waals surface area contributed by atoms with E-state index in [-0.39, 0.29) is 11.8 Å². The minimum Gasteiger partial charge on any atom is -0.463 e. The van der Waals surface area contributed by atoms with Crippen LogP contribution in [0.3, 0.4) is 0 Å². The van der Waals surface area contributed by atoms with Crippen LogP contribution in [0.1, 0.15) is 12.8 Å². The third kappa shape index (κ3) is 3.56. The van der Waals surface area contributed by atoms with Crippen LogP contribution in [0.25, 0.3) is 22.4 Å². The van der Waals surface area contributed by atoms with Crippen molar-refractivity contribution >= 4 is 28.3 Å². The van der Waals surface area contributed by atoms with Crippen molar-refractivity contribution in [2.45, 2.75) is 12.8 Å². The molecule has 5 rings (SSSR count). The monoisotopic (exact) mass is 388 g/mol. The minimum atomic E-state index is -0.0148. The van der Waals surface area contributed by atoms with Crippen LogP contribution in [-0.4, -0.2) is 39.4 Å². The van der Waals surface area contributed by atoms with Gasteiger partial charge in [-0.05, 0) is 55.3 Å². The normalized spacial score (nSPS) is 15.0. The number of H-pyrrole nitrogens is 1. The van der Waals surface area contributed by atoms with Gasteiger partial charge in [0.05, 0.1) is 18.0 Å². The van der Waals surface area contributed by atoms with E-state index < -0.39 is 0 Å². The van der Waals surface area contributed by atoms with Gasteiger partial charge in [0, 0.05) is 30.1 Å². The van der Waals surface area contributed by atoms with E-state index in [1.807, 2.05) is 42.5 Å². The maximum Gasteiger partial charge on any atom is 0.227 e. The largest absolute Gasteiger partial charge is 0.463 e. The highest BCUT2D eigenvalue weighted by Crippen LogP contribution is 2.25. The molecule has 8 heteroatoms. The first-order valence-corrected chi connectivity index (χ1v) is 9.63. The molecule has 1 amide bonds. The second kappa shape index (κ2) is 7.38. The summed E-state index contributed by atoms with van der Waals surface area (Å²) < 4.78 is 5.35. The third-order valence-corrected chi connectivity index (χ3v) is 5.32. The summed E-state index contributed by atoms with van der Waals surface area (Å²) >= 11 is 0. The molecule has 1 aromatic carbocycles. The number of nitrogens with one attached hydrogen (secondary N) is 2. The molecule has 0 spiro atoms. The summed E-state index contributed by atoms with van der Waals surface area (Å²) in [5.74, 6) is 1.57. The van der Waals surface area contributed by atoms with E-state index in [0.29, 0.717) is 11.5 Å². The minimum absolute atomic E-state index is 0.0148. The van der Waals surface area contributed by atoms with Gasteiger partial charge < -0.3 is 14.6 Å². The second-order valence-electron chi connectivity index (χ2n) is 7.18. The van der Waals surface area contributed by atoms with E-state index in [1.165, 1.54) is 0 Å². The van der Waals surface area contributed by atoms with Crippen LogP contribution in [0.2, 0.25) is 0 Å². The summed E-state index contributed by atoms with van der Waals surface area (Å²) in [6.07, 6.45) is 4.94. The van der Waals surface area contributed by atoms with Gasteiger partial charge in [-0.25, -0.2) is 0 Å². The van der Waals surface area contributed by atoms with E-state index in [0.717, 1.165) is 48.3 Å². The molecule has 146 valence electrons. The average Bonchev–Trinajstić information content (AvgIpc) is 3.46. The SMILES string of the molecule is O=C(Nc1ccc2cn[nH]c2c1)C1CCN(c2ccc(-c3ccco3)nn2)CC1. The predicted molar refractivity (Wildman–Crippen MR) is 109 cm³/mol. The van der Waals surface area contributed by atoms with Crippen LogP contribution in [0.5, 0.6) is 0 Å². The summed E-state index contributed by atoms with van der Waals surface area (Å²) in [6.45, 7) is 1.54. The third-order valence-electron chi connectivity index (χ3n) is 5.32. The van der Waals surface area contributed by atoms with Gasteiger partial charge in [-0.3, -0.25) is 9.89 Å². The molecule has 0 saturated carbocycles. The number of piperidine rings is 1. The Morgan fingerprint density at radius 1 is 1.14 bits per heavy atom. The van der Waals surface area contributed by atoms with Gasteiger partial charge in [0.1, 0.15) is 5.69 Å². The van der Waals surface area contributed by atoms with Crippen molar-refractivity contribution in [1.29, 1.82) is 0 Å². The standard InChI is InChI=1S/C21H20N6O2/c28-21(23-16-4-3-15-13-22-24-18(15)12-16)14-7-9-27(10-8-14)20-6-5-17(25-26-20)19-2-1-11-29-19/h1-6,11-14H,7-10H2,(H,22,24)(H,23,28). The number of hydrogen-bond acceptors (Lipinski definition) is 6. The molecule has 4 aromatic rings. The Labute approximate surface area is 166 Å². The van der Waals surface area contributed by atoms with Crippen molar-refractivity contribution in [3.63, 3.8) is 0 Å². The lowest BCUT2D eigenvalue weighted by Crippen LogP contribution is -2.38. The number of hydrogen-bond donors (Lipinski definition) is 2. The first kappa shape index (κ1) is 17.4. The Bertz CT molecular complexity index is 1110. The van der Waals surface area contributed by atoms with Crippen molar-refractivity contribution in [3.05, 3.63) is 54.9 Å². The number of aromatic nitrogens is 4. The van der Waals surface area contributed by atoms with E-state index >= 15 is 0 Å². The lowest BCUT2D eigenvalue weighted by molar-refractivity contribution is -0.120. The lowest BCUT2D eigenvalue weighted by atomic mass is 9.95. The van der Waals surface area contributed by atoms with E-state index in [2.05, 4.69) is 30.6 Å². The second-order valence-corrected chi connectivity index (χ2v) is 7.18. The zero-order valence-corrected chi connectivity index (χ0v) is 15.7. The molecule has 0 atom stereocenters. The average molecular weight is 388 g/mol. The number of carbonyl (C=O) groups is 1. The first-order valence-electron chi connectivity index (χ1n) is 9.63. The number of amides is 1. The number of nitrogens with zero attached hydrogens (tertiary/aromatic N) is 4. The molecule has 3 aromatic heterocycles. The topological polar surface area (TPSA) is 99.9 Å². The predicted octanol–water partition coefficient (Wildman–Crippen LogP) is 3.47. The molecular formula is C21H20N6O2. The van der Waals surface area contributed by atoms with E-state index in [4.69, 9.17) is 4.42 Å². The molecule has 0 aliphatic carbocycles. The highest BCUT2D eigenvalue weighted by Gasteiger charge is 2.26. The molecule has 4 heterocycles. The molecular weight excluding hydrogens is 368 g/mol. The Morgan fingerprint density at radius 2 is 2.03 bits per heavy atom. The summed E-state index contributed by atoms with van der Waals surface area (Å²) in [5.41, 5.74) is 2.41. The van der Waals surface area contributed by atoms with Gasteiger partial charge >= 0.3 is 0 Å². The highest BCUT2D eigenvalue weighted by molar-refractivity contribution is 5.95. The summed E-state index contributed by atoms with van der Waals surface area (Å²) in [7, 11) is 0. The number of anilines is 2. The number of furan rings is 1. The fourth-order valence-electron chi connectivity index (χ4n) is 3.68. The molecule has 2 N–H and O–H groups in total. The number of aromatic amines is 1. The molecule has 1 fully saturated rings. The number of fused-ring (bicyclic) bond motifs is 1. The Hall–Kier alpha value is -3.68. The van der Waals surface area contributed by atoms with Crippen LogP contribution >= 0.6 is 0 Å². The van der Waals surface area contributed by atoms with Crippen molar-refractivity contribution in [3.8, 4) is 11.5 Å². The summed E-state index contributed by atoms with van der Waals surface area (Å²) in [4.78, 5) is 14.8. The summed E-state index contributed by atoms with van der Waals surface area (Å²) in [5, 5.41) is 19.6. The molecule has 0 bridgehead atoms. The lowest BCUT2D eigenvalue weighted by Gasteiger charge is -2.31. The van der Waals surface area contributed by atoms with Crippen LogP contribution < -0.4 is 10.2 Å². The van der Waals surface area contributed by atoms with Crippen LogP contribution in [0.4, 0.5) is 11.5 Å². The van der Waals surface area contributed by atoms with Crippen molar-refractivity contribution < 1.29 is 9.21 Å². The van der Waals surface area contributed by atoms with Gasteiger partial charge in [-0.15, -0.1) is 10.2 Å². The van der Waals surface area contributed by atoms with Gasteiger partial charge in [0.15, 0.2) is 11.6 Å². The van der Waals surface area contributed by atoms with Crippen molar-refractivity contribution in [2.24, 2.45) is 5.92 Å². The smallest absolute Gasteiger partial charge is 0.227 e. The maximum absolute atomic E-state index is 12.7. The first-order chi connectivity index (χ1) is 14.3. The van der Waals surface area contributed by atoms with E-state index in [1.54, 1.807) is 12.5 Å². The van der Waals surface area contributed by atoms with E-state index in [9.17, 15) is 4.79 Å². The van der Waals surface area contributed by atoms with Crippen molar-refractivity contribution in [1.82, 2.24) is 20.4 Å². The zero-order valence-electron chi connectivity index (χ0n) is 15.7. The fourth-order valence-corrected chi connectivity index (χ4v) is 3.68. The molecule has 0 radical (unpaired) electrons. The Kier molecular flexibility index (Phi) is 4.44. The van der Waals surface area contributed by atoms with Gasteiger partial charge in [-0.1, -0.05) is 0 Å². The van der Waals surface area contributed by atoms with Gasteiger partial charge in [0.25, 0.3) is 0 Å². The zero-order chi connectivity index (χ0) is 19.6. The van der Waals surface area contributed by atoms with Gasteiger partial charge in [0.2, 0.25) is 5.91 Å². The molecule has 29 heavy (non-hydrogen) atoms. The number of benzene rings is 1. The number of rotatable bonds is 4. The van der Waals surface area contributed by atoms with Crippen LogP contribution in [0, 0.1) is 5.92 Å². The van der Waals surface area contributed by atoms with Crippen LogP contribution in [-0.2, 0) is 4.79 Å². The quantitative estimate of drug-likeness (QED) is 0.555. The molecule has 1 saturated heterocycles. The Morgan fingerprint density at radius 3 is 2.79 bits per heavy atom. The molecule has 8 nitrogen and oxygen atoms in total. The fraction of sp³-hybridized carbons (Fsp3) is 0.238. The van der Waals surface area contributed by atoms with Gasteiger partial charge in [-0.2, -0.15) is 5.10 Å². The molecule has 1 aliphatic rings. The number of carbonyl (C=O) groups excluding carboxylic acids is 1. The Balaban J connectivity index is 1.19. The summed E-state index contributed by atoms with van der Waals surface area (Å²) in [6, 6.07) is 13.3. The molecule has 1 aliphatic heterocycles.